The zero-order chi connectivity index (χ0) is 15.7. The third-order valence-electron chi connectivity index (χ3n) is 3.94. The van der Waals surface area contributed by atoms with Crippen LogP contribution >= 0.6 is 0 Å². The molecule has 0 aromatic heterocycles. The highest BCUT2D eigenvalue weighted by Crippen LogP contribution is 2.29. The zero-order valence-electron chi connectivity index (χ0n) is 12.1. The highest BCUT2D eigenvalue weighted by Gasteiger charge is 2.13. The van der Waals surface area contributed by atoms with Gasteiger partial charge in [0, 0.05) is 5.92 Å². The van der Waals surface area contributed by atoms with Crippen molar-refractivity contribution in [3.8, 4) is 11.1 Å². The lowest BCUT2D eigenvalue weighted by molar-refractivity contribution is 0.448. The average Bonchev–Trinajstić information content (AvgIpc) is 2.53. The van der Waals surface area contributed by atoms with E-state index in [1.165, 1.54) is 5.57 Å². The van der Waals surface area contributed by atoms with Crippen molar-refractivity contribution in [2.75, 3.05) is 0 Å². The molecular formula is C19H15F3. The topological polar surface area (TPSA) is 0 Å². The number of hydrogen-bond acceptors (Lipinski definition) is 0. The van der Waals surface area contributed by atoms with Gasteiger partial charge in [-0.05, 0) is 42.2 Å². The lowest BCUT2D eigenvalue weighted by atomic mass is 9.89. The fourth-order valence-electron chi connectivity index (χ4n) is 2.62. The molecule has 0 heterocycles. The first kappa shape index (κ1) is 14.6. The van der Waals surface area contributed by atoms with Gasteiger partial charge in [0.05, 0.1) is 0 Å². The molecule has 0 N–H and O–H groups in total. The van der Waals surface area contributed by atoms with E-state index in [-0.39, 0.29) is 0 Å². The quantitative estimate of drug-likeness (QED) is 0.618. The van der Waals surface area contributed by atoms with Crippen LogP contribution in [0.5, 0.6) is 0 Å². The van der Waals surface area contributed by atoms with Crippen molar-refractivity contribution in [1.82, 2.24) is 0 Å². The molecule has 2 aromatic carbocycles. The van der Waals surface area contributed by atoms with Crippen LogP contribution in [0.4, 0.5) is 13.2 Å². The maximum Gasteiger partial charge on any atom is 0.194 e. The minimum atomic E-state index is -1.44. The molecule has 0 radical (unpaired) electrons. The first-order valence-corrected chi connectivity index (χ1v) is 7.14. The molecule has 1 unspecified atom stereocenters. The predicted octanol–water partition coefficient (Wildman–Crippen LogP) is 5.76. The molecule has 0 bridgehead atoms. The Kier molecular flexibility index (Phi) is 3.88. The van der Waals surface area contributed by atoms with Gasteiger partial charge in [0.1, 0.15) is 0 Å². The maximum atomic E-state index is 13.3. The fourth-order valence-corrected chi connectivity index (χ4v) is 2.62. The van der Waals surface area contributed by atoms with Gasteiger partial charge in [0.15, 0.2) is 17.5 Å². The van der Waals surface area contributed by atoms with Crippen LogP contribution in [0, 0.1) is 17.5 Å². The number of benzene rings is 2. The summed E-state index contributed by atoms with van der Waals surface area (Å²) in [6.07, 6.45) is 7.37. The van der Waals surface area contributed by atoms with E-state index in [0.29, 0.717) is 17.0 Å². The monoisotopic (exact) mass is 300 g/mol. The third-order valence-corrected chi connectivity index (χ3v) is 3.94. The molecule has 0 saturated carbocycles. The second-order valence-electron chi connectivity index (χ2n) is 5.53. The molecule has 0 nitrogen and oxygen atoms in total. The van der Waals surface area contributed by atoms with Crippen LogP contribution in [-0.2, 0) is 0 Å². The maximum absolute atomic E-state index is 13.3. The van der Waals surface area contributed by atoms with Crippen molar-refractivity contribution in [2.24, 2.45) is 0 Å². The summed E-state index contributed by atoms with van der Waals surface area (Å²) in [6, 6.07) is 9.52. The van der Waals surface area contributed by atoms with Gasteiger partial charge in [0.2, 0.25) is 0 Å². The summed E-state index contributed by atoms with van der Waals surface area (Å²) >= 11 is 0. The molecule has 0 aliphatic heterocycles. The van der Waals surface area contributed by atoms with E-state index in [9.17, 15) is 13.2 Å². The van der Waals surface area contributed by atoms with Crippen LogP contribution in [0.25, 0.3) is 11.1 Å². The summed E-state index contributed by atoms with van der Waals surface area (Å²) in [5, 5.41) is 0. The first-order chi connectivity index (χ1) is 10.5. The largest absolute Gasteiger partial charge is 0.204 e. The van der Waals surface area contributed by atoms with Gasteiger partial charge in [-0.2, -0.15) is 0 Å². The van der Waals surface area contributed by atoms with Crippen molar-refractivity contribution < 1.29 is 13.2 Å². The Bertz CT molecular complexity index is 732. The van der Waals surface area contributed by atoms with Gasteiger partial charge < -0.3 is 0 Å². The lowest BCUT2D eigenvalue weighted by Gasteiger charge is -2.15. The summed E-state index contributed by atoms with van der Waals surface area (Å²) in [5.74, 6) is -3.46. The molecule has 3 rings (SSSR count). The number of rotatable bonds is 2. The van der Waals surface area contributed by atoms with Crippen LogP contribution in [-0.4, -0.2) is 0 Å². The summed E-state index contributed by atoms with van der Waals surface area (Å²) in [6.45, 7) is 2.06. The molecular weight excluding hydrogens is 285 g/mol. The highest BCUT2D eigenvalue weighted by atomic mass is 19.2. The zero-order valence-corrected chi connectivity index (χ0v) is 12.1. The van der Waals surface area contributed by atoms with Crippen LogP contribution < -0.4 is 0 Å². The Morgan fingerprint density at radius 2 is 1.55 bits per heavy atom. The second-order valence-corrected chi connectivity index (χ2v) is 5.53. The summed E-state index contributed by atoms with van der Waals surface area (Å²) in [5.41, 5.74) is 3.39. The minimum absolute atomic E-state index is 0.319. The number of hydrogen-bond donors (Lipinski definition) is 0. The van der Waals surface area contributed by atoms with Crippen LogP contribution in [0.3, 0.4) is 0 Å². The van der Waals surface area contributed by atoms with Gasteiger partial charge in [0.25, 0.3) is 0 Å². The van der Waals surface area contributed by atoms with E-state index in [2.05, 4.69) is 25.2 Å². The third kappa shape index (κ3) is 2.84. The lowest BCUT2D eigenvalue weighted by Crippen LogP contribution is -1.98. The molecule has 22 heavy (non-hydrogen) atoms. The SMILES string of the molecule is CC1=CCC(c2ccc(-c3cc(F)c(F)c(F)c3)cc2)C=C1. The average molecular weight is 300 g/mol. The van der Waals surface area contributed by atoms with Gasteiger partial charge in [-0.3, -0.25) is 0 Å². The van der Waals surface area contributed by atoms with E-state index >= 15 is 0 Å². The summed E-state index contributed by atoms with van der Waals surface area (Å²) in [7, 11) is 0. The fraction of sp³-hybridized carbons (Fsp3) is 0.158. The highest BCUT2D eigenvalue weighted by molar-refractivity contribution is 5.64. The van der Waals surface area contributed by atoms with Crippen molar-refractivity contribution in [2.45, 2.75) is 19.3 Å². The predicted molar refractivity (Wildman–Crippen MR) is 82.0 cm³/mol. The first-order valence-electron chi connectivity index (χ1n) is 7.14. The molecule has 0 spiro atoms. The minimum Gasteiger partial charge on any atom is -0.204 e. The Labute approximate surface area is 127 Å². The smallest absolute Gasteiger partial charge is 0.194 e. The number of allylic oxidation sites excluding steroid dienone is 4. The van der Waals surface area contributed by atoms with Gasteiger partial charge in [-0.1, -0.05) is 48.1 Å². The van der Waals surface area contributed by atoms with Crippen LogP contribution in [0.15, 0.2) is 60.2 Å². The molecule has 2 aromatic rings. The molecule has 1 atom stereocenters. The van der Waals surface area contributed by atoms with Crippen molar-refractivity contribution in [1.29, 1.82) is 0 Å². The summed E-state index contributed by atoms with van der Waals surface area (Å²) < 4.78 is 39.6. The van der Waals surface area contributed by atoms with Crippen molar-refractivity contribution in [3.05, 3.63) is 83.2 Å². The summed E-state index contributed by atoms with van der Waals surface area (Å²) in [4.78, 5) is 0. The Hall–Kier alpha value is -2.29. The van der Waals surface area contributed by atoms with Gasteiger partial charge in [-0.15, -0.1) is 0 Å². The van der Waals surface area contributed by atoms with Crippen LogP contribution in [0.2, 0.25) is 0 Å². The van der Waals surface area contributed by atoms with E-state index in [1.807, 2.05) is 12.1 Å². The Morgan fingerprint density at radius 3 is 2.09 bits per heavy atom. The molecule has 0 saturated heterocycles. The van der Waals surface area contributed by atoms with Gasteiger partial charge in [-0.25, -0.2) is 13.2 Å². The van der Waals surface area contributed by atoms with Crippen molar-refractivity contribution >= 4 is 0 Å². The Morgan fingerprint density at radius 1 is 0.909 bits per heavy atom. The van der Waals surface area contributed by atoms with Crippen molar-refractivity contribution in [3.63, 3.8) is 0 Å². The van der Waals surface area contributed by atoms with E-state index in [1.54, 1.807) is 12.1 Å². The van der Waals surface area contributed by atoms with E-state index in [4.69, 9.17) is 0 Å². The molecule has 0 amide bonds. The molecule has 1 aliphatic rings. The second kappa shape index (κ2) is 5.84. The molecule has 1 aliphatic carbocycles. The van der Waals surface area contributed by atoms with E-state index in [0.717, 1.165) is 24.1 Å². The molecule has 0 fully saturated rings. The standard InChI is InChI=1S/C19H15F3/c1-12-2-4-13(5-3-12)14-6-8-15(9-7-14)16-10-17(20)19(22)18(21)11-16/h2-4,6-11,13H,5H2,1H3. The van der Waals surface area contributed by atoms with Gasteiger partial charge >= 0.3 is 0 Å². The Balaban J connectivity index is 1.87. The molecule has 3 heteroatoms. The normalized spacial score (nSPS) is 17.5. The molecule has 112 valence electrons. The van der Waals surface area contributed by atoms with Crippen LogP contribution in [0.1, 0.15) is 24.8 Å². The van der Waals surface area contributed by atoms with E-state index < -0.39 is 17.5 Å². The number of halogens is 3.